The maximum Gasteiger partial charge on any atom is 0.336 e. The molecule has 0 bridgehead atoms. The van der Waals surface area contributed by atoms with Crippen molar-refractivity contribution in [3.8, 4) is 11.5 Å². The van der Waals surface area contributed by atoms with E-state index in [1.165, 1.54) is 19.2 Å². The van der Waals surface area contributed by atoms with Crippen molar-refractivity contribution in [2.24, 2.45) is 0 Å². The third kappa shape index (κ3) is 4.55. The van der Waals surface area contributed by atoms with Crippen LogP contribution in [0.5, 0.6) is 11.5 Å². The summed E-state index contributed by atoms with van der Waals surface area (Å²) in [5.41, 5.74) is 0.741. The Morgan fingerprint density at radius 3 is 2.31 bits per heavy atom. The fraction of sp³-hybridized carbons (Fsp3) is 0.105. The molecule has 0 spiro atoms. The third-order valence-corrected chi connectivity index (χ3v) is 3.41. The lowest BCUT2D eigenvalue weighted by Crippen LogP contribution is -2.11. The van der Waals surface area contributed by atoms with E-state index in [1.807, 2.05) is 0 Å². The summed E-state index contributed by atoms with van der Waals surface area (Å²) in [4.78, 5) is 35.1. The molecule has 2 rings (SSSR count). The fourth-order valence-corrected chi connectivity index (χ4v) is 2.21. The molecule has 2 aromatic rings. The monoisotopic (exact) mass is 356 g/mol. The number of rotatable bonds is 7. The van der Waals surface area contributed by atoms with E-state index in [9.17, 15) is 19.5 Å². The summed E-state index contributed by atoms with van der Waals surface area (Å²) >= 11 is 0. The Morgan fingerprint density at radius 2 is 1.73 bits per heavy atom. The zero-order valence-corrected chi connectivity index (χ0v) is 13.8. The van der Waals surface area contributed by atoms with Crippen molar-refractivity contribution in [3.05, 3.63) is 71.3 Å². The smallest absolute Gasteiger partial charge is 0.336 e. The molecule has 0 unspecified atom stereocenters. The van der Waals surface area contributed by atoms with Gasteiger partial charge in [-0.2, -0.15) is 0 Å². The second-order valence-electron chi connectivity index (χ2n) is 5.11. The van der Waals surface area contributed by atoms with Crippen molar-refractivity contribution in [2.45, 2.75) is 6.61 Å². The van der Waals surface area contributed by atoms with Crippen LogP contribution in [0.2, 0.25) is 0 Å². The lowest BCUT2D eigenvalue weighted by Gasteiger charge is -2.13. The minimum atomic E-state index is -1.31. The van der Waals surface area contributed by atoms with Crippen LogP contribution in [0.1, 0.15) is 21.5 Å². The summed E-state index contributed by atoms with van der Waals surface area (Å²) in [6.45, 7) is -0.384. The second kappa shape index (κ2) is 8.59. The number of esters is 1. The highest BCUT2D eigenvalue weighted by molar-refractivity contribution is 6.11. The number of aliphatic carboxylic acids is 1. The van der Waals surface area contributed by atoms with Crippen molar-refractivity contribution in [1.29, 1.82) is 0 Å². The normalized spacial score (nSPS) is 10.5. The first-order valence-electron chi connectivity index (χ1n) is 7.50. The Kier molecular flexibility index (Phi) is 6.24. The van der Waals surface area contributed by atoms with E-state index in [4.69, 9.17) is 14.6 Å². The van der Waals surface area contributed by atoms with Gasteiger partial charge < -0.3 is 19.7 Å². The molecule has 0 atom stereocenters. The molecule has 26 heavy (non-hydrogen) atoms. The maximum absolute atomic E-state index is 12.8. The highest BCUT2D eigenvalue weighted by Gasteiger charge is 2.20. The van der Waals surface area contributed by atoms with Gasteiger partial charge in [-0.05, 0) is 6.07 Å². The molecule has 2 N–H and O–H groups in total. The topological polar surface area (TPSA) is 110 Å². The van der Waals surface area contributed by atoms with Crippen LogP contribution in [0.3, 0.4) is 0 Å². The minimum Gasteiger partial charge on any atom is -0.496 e. The summed E-state index contributed by atoms with van der Waals surface area (Å²) in [5, 5.41) is 18.0. The average Bonchev–Trinajstić information content (AvgIpc) is 2.66. The van der Waals surface area contributed by atoms with Crippen molar-refractivity contribution in [3.63, 3.8) is 0 Å². The van der Waals surface area contributed by atoms with Gasteiger partial charge in [-0.3, -0.25) is 4.79 Å². The van der Waals surface area contributed by atoms with E-state index >= 15 is 0 Å². The number of methoxy groups -OCH3 is 1. The van der Waals surface area contributed by atoms with E-state index in [0.717, 1.165) is 6.08 Å². The quantitative estimate of drug-likeness (QED) is 0.338. The lowest BCUT2D eigenvalue weighted by atomic mass is 9.99. The number of aliphatic hydroxyl groups is 1. The standard InChI is InChI=1S/C19H16O7/c1-25-15-10-16(26-18(23)8-7-17(21)22)14(9-13(15)11-20)19(24)12-5-3-2-4-6-12/h2-10,20H,11H2,1H3,(H,21,22)/b8-7-. The van der Waals surface area contributed by atoms with Gasteiger partial charge in [-0.25, -0.2) is 9.59 Å². The Labute approximate surface area is 149 Å². The van der Waals surface area contributed by atoms with E-state index < -0.39 is 17.7 Å². The zero-order valence-electron chi connectivity index (χ0n) is 13.8. The number of benzene rings is 2. The average molecular weight is 356 g/mol. The van der Waals surface area contributed by atoms with Gasteiger partial charge in [0.15, 0.2) is 5.78 Å². The predicted octanol–water partition coefficient (Wildman–Crippen LogP) is 1.96. The highest BCUT2D eigenvalue weighted by Crippen LogP contribution is 2.31. The second-order valence-corrected chi connectivity index (χ2v) is 5.11. The Balaban J connectivity index is 2.48. The largest absolute Gasteiger partial charge is 0.496 e. The summed E-state index contributed by atoms with van der Waals surface area (Å²) in [5.74, 6) is -2.58. The van der Waals surface area contributed by atoms with Gasteiger partial charge in [-0.1, -0.05) is 30.3 Å². The van der Waals surface area contributed by atoms with Gasteiger partial charge in [0.1, 0.15) is 11.5 Å². The van der Waals surface area contributed by atoms with Crippen LogP contribution in [0.15, 0.2) is 54.6 Å². The van der Waals surface area contributed by atoms with Gasteiger partial charge in [0.2, 0.25) is 0 Å². The number of hydrogen-bond donors (Lipinski definition) is 2. The Bertz CT molecular complexity index is 854. The summed E-state index contributed by atoms with van der Waals surface area (Å²) in [7, 11) is 1.36. The summed E-state index contributed by atoms with van der Waals surface area (Å²) in [6.07, 6.45) is 1.35. The van der Waals surface area contributed by atoms with Crippen LogP contribution in [-0.4, -0.2) is 35.0 Å². The van der Waals surface area contributed by atoms with E-state index in [1.54, 1.807) is 30.3 Å². The number of ketones is 1. The summed E-state index contributed by atoms with van der Waals surface area (Å²) in [6, 6.07) is 11.0. The molecule has 0 saturated heterocycles. The molecule has 7 heteroatoms. The van der Waals surface area contributed by atoms with Crippen LogP contribution < -0.4 is 9.47 Å². The molecule has 0 saturated carbocycles. The Morgan fingerprint density at radius 1 is 1.04 bits per heavy atom. The molecule has 2 aromatic carbocycles. The number of hydrogen-bond acceptors (Lipinski definition) is 6. The number of carboxylic acid groups (broad SMARTS) is 1. The van der Waals surface area contributed by atoms with Crippen LogP contribution in [0, 0.1) is 0 Å². The fourth-order valence-electron chi connectivity index (χ4n) is 2.21. The van der Waals surface area contributed by atoms with E-state index in [2.05, 4.69) is 0 Å². The zero-order chi connectivity index (χ0) is 19.1. The van der Waals surface area contributed by atoms with Crippen molar-refractivity contribution < 1.29 is 34.1 Å². The first-order valence-corrected chi connectivity index (χ1v) is 7.50. The molecular weight excluding hydrogens is 340 g/mol. The number of carbonyl (C=O) groups excluding carboxylic acids is 2. The van der Waals surface area contributed by atoms with Crippen molar-refractivity contribution in [1.82, 2.24) is 0 Å². The van der Waals surface area contributed by atoms with Gasteiger partial charge in [-0.15, -0.1) is 0 Å². The Hall–Kier alpha value is -3.45. The molecule has 134 valence electrons. The molecule has 7 nitrogen and oxygen atoms in total. The van der Waals surface area contributed by atoms with E-state index in [-0.39, 0.29) is 23.7 Å². The predicted molar refractivity (Wildman–Crippen MR) is 91.2 cm³/mol. The maximum atomic E-state index is 12.8. The van der Waals surface area contributed by atoms with Gasteiger partial charge in [0, 0.05) is 29.3 Å². The molecule has 0 aromatic heterocycles. The van der Waals surface area contributed by atoms with Crippen LogP contribution in [-0.2, 0) is 16.2 Å². The summed E-state index contributed by atoms with van der Waals surface area (Å²) < 4.78 is 10.2. The van der Waals surface area contributed by atoms with Crippen LogP contribution in [0.4, 0.5) is 0 Å². The van der Waals surface area contributed by atoms with Crippen LogP contribution >= 0.6 is 0 Å². The van der Waals surface area contributed by atoms with Gasteiger partial charge >= 0.3 is 11.9 Å². The lowest BCUT2D eigenvalue weighted by molar-refractivity contribution is -0.133. The van der Waals surface area contributed by atoms with Gasteiger partial charge in [0.25, 0.3) is 0 Å². The number of ether oxygens (including phenoxy) is 2. The highest BCUT2D eigenvalue weighted by atomic mass is 16.5. The number of carboxylic acids is 1. The van der Waals surface area contributed by atoms with E-state index in [0.29, 0.717) is 17.2 Å². The molecule has 0 radical (unpaired) electrons. The molecule has 0 fully saturated rings. The van der Waals surface area contributed by atoms with Crippen LogP contribution in [0.25, 0.3) is 0 Å². The molecule has 0 aliphatic rings. The SMILES string of the molecule is COc1cc(OC(=O)/C=C\C(=O)O)c(C(=O)c2ccccc2)cc1CO. The molecule has 0 heterocycles. The first-order chi connectivity index (χ1) is 12.5. The number of aliphatic hydroxyl groups excluding tert-OH is 1. The first kappa shape index (κ1) is 18.9. The van der Waals surface area contributed by atoms with Crippen molar-refractivity contribution >= 4 is 17.7 Å². The molecule has 0 amide bonds. The molecule has 0 aliphatic heterocycles. The minimum absolute atomic E-state index is 0.0399. The molecule has 0 aliphatic carbocycles. The van der Waals surface area contributed by atoms with Crippen molar-refractivity contribution in [2.75, 3.05) is 7.11 Å². The van der Waals surface area contributed by atoms with Gasteiger partial charge in [0.05, 0.1) is 19.3 Å². The number of carbonyl (C=O) groups is 3. The molecular formula is C19H16O7. The third-order valence-electron chi connectivity index (χ3n) is 3.41.